The van der Waals surface area contributed by atoms with Gasteiger partial charge in [-0.1, -0.05) is 0 Å². The summed E-state index contributed by atoms with van der Waals surface area (Å²) in [6.45, 7) is 2.69. The van der Waals surface area contributed by atoms with Crippen molar-refractivity contribution in [2.75, 3.05) is 18.5 Å². The van der Waals surface area contributed by atoms with Gasteiger partial charge < -0.3 is 24.6 Å². The molecule has 3 rings (SSSR count). The number of halogens is 2. The highest BCUT2D eigenvalue weighted by Gasteiger charge is 2.41. The number of benzene rings is 1. The Morgan fingerprint density at radius 1 is 1.26 bits per heavy atom. The fourth-order valence-electron chi connectivity index (χ4n) is 3.33. The third-order valence-electron chi connectivity index (χ3n) is 4.92. The number of amides is 1. The first-order valence-corrected chi connectivity index (χ1v) is 10.2. The highest BCUT2D eigenvalue weighted by molar-refractivity contribution is 5.81. The lowest BCUT2D eigenvalue weighted by molar-refractivity contribution is -0.142. The number of nitrogens with one attached hydrogen (secondary N) is 1. The summed E-state index contributed by atoms with van der Waals surface area (Å²) >= 11 is 0. The van der Waals surface area contributed by atoms with E-state index in [9.17, 15) is 23.5 Å². The van der Waals surface area contributed by atoms with Crippen LogP contribution in [0, 0.1) is 5.92 Å². The number of aliphatic carboxylic acids is 1. The fourth-order valence-corrected chi connectivity index (χ4v) is 3.33. The van der Waals surface area contributed by atoms with Crippen molar-refractivity contribution in [3.63, 3.8) is 0 Å². The molecule has 2 fully saturated rings. The molecule has 1 saturated heterocycles. The van der Waals surface area contributed by atoms with Gasteiger partial charge in [0.05, 0.1) is 6.61 Å². The van der Waals surface area contributed by atoms with Crippen LogP contribution in [0.5, 0.6) is 11.5 Å². The number of ether oxygens (including phenoxy) is 3. The summed E-state index contributed by atoms with van der Waals surface area (Å²) < 4.78 is 40.9. The molecule has 31 heavy (non-hydrogen) atoms. The Kier molecular flexibility index (Phi) is 6.76. The topological polar surface area (TPSA) is 97.3 Å². The molecule has 2 N–H and O–H groups in total. The van der Waals surface area contributed by atoms with Gasteiger partial charge in [0.1, 0.15) is 11.6 Å². The van der Waals surface area contributed by atoms with E-state index < -0.39 is 30.3 Å². The Balaban J connectivity index is 1.70. The van der Waals surface area contributed by atoms with Crippen molar-refractivity contribution < 1.29 is 37.7 Å². The third-order valence-corrected chi connectivity index (χ3v) is 4.92. The van der Waals surface area contributed by atoms with Gasteiger partial charge in [0.25, 0.3) is 0 Å². The Bertz CT molecular complexity index is 810. The second-order valence-electron chi connectivity index (χ2n) is 8.86. The monoisotopic (exact) mass is 442 g/mol. The largest absolute Gasteiger partial charge is 0.489 e. The maximum atomic E-state index is 12.7. The number of carboxylic acids is 1. The lowest BCUT2D eigenvalue weighted by Gasteiger charge is -2.26. The molecule has 2 atom stereocenters. The van der Waals surface area contributed by atoms with Crippen molar-refractivity contribution in [3.8, 4) is 11.5 Å². The minimum atomic E-state index is -2.98. The number of hydrogen-bond donors (Lipinski definition) is 2. The maximum absolute atomic E-state index is 12.7. The van der Waals surface area contributed by atoms with Gasteiger partial charge in [0, 0.05) is 30.8 Å². The number of nitrogens with zero attached hydrogens (tertiary/aromatic N) is 1. The van der Waals surface area contributed by atoms with Crippen LogP contribution in [-0.4, -0.2) is 59.5 Å². The summed E-state index contributed by atoms with van der Waals surface area (Å²) in [5.41, 5.74) is -0.201. The quantitative estimate of drug-likeness (QED) is 0.629. The van der Waals surface area contributed by atoms with Crippen LogP contribution in [0.4, 0.5) is 19.3 Å². The van der Waals surface area contributed by atoms with Gasteiger partial charge >= 0.3 is 18.7 Å². The number of carbonyl (C=O) groups is 2. The second-order valence-corrected chi connectivity index (χ2v) is 8.86. The molecule has 1 aliphatic carbocycles. The van der Waals surface area contributed by atoms with E-state index in [0.29, 0.717) is 18.2 Å². The number of anilines is 1. The van der Waals surface area contributed by atoms with E-state index >= 15 is 0 Å². The van der Waals surface area contributed by atoms with Crippen molar-refractivity contribution in [1.29, 1.82) is 0 Å². The number of carbonyl (C=O) groups excluding carboxylic acids is 1. The van der Waals surface area contributed by atoms with E-state index in [1.165, 1.54) is 11.0 Å². The molecule has 0 radical (unpaired) electrons. The van der Waals surface area contributed by atoms with Crippen LogP contribution in [0.25, 0.3) is 0 Å². The normalized spacial score (nSPS) is 21.2. The molecule has 1 amide bonds. The summed E-state index contributed by atoms with van der Waals surface area (Å²) in [6.07, 6.45) is 1.56. The number of carboxylic acid groups (broad SMARTS) is 1. The van der Waals surface area contributed by atoms with E-state index in [2.05, 4.69) is 10.1 Å². The summed E-state index contributed by atoms with van der Waals surface area (Å²) in [6, 6.07) is 3.08. The zero-order valence-electron chi connectivity index (χ0n) is 17.8. The summed E-state index contributed by atoms with van der Waals surface area (Å²) in [5.74, 6) is -0.575. The fraction of sp³-hybridized carbons (Fsp3) is 0.619. The van der Waals surface area contributed by atoms with Crippen molar-refractivity contribution in [2.45, 2.75) is 64.3 Å². The second kappa shape index (κ2) is 9.15. The highest BCUT2D eigenvalue weighted by Crippen LogP contribution is 2.36. The minimum Gasteiger partial charge on any atom is -0.489 e. The summed E-state index contributed by atoms with van der Waals surface area (Å²) in [4.78, 5) is 25.3. The van der Waals surface area contributed by atoms with E-state index in [4.69, 9.17) is 9.47 Å². The average Bonchev–Trinajstić information content (AvgIpc) is 3.37. The van der Waals surface area contributed by atoms with Crippen molar-refractivity contribution in [2.24, 2.45) is 5.92 Å². The molecular formula is C21H28F2N2O6. The van der Waals surface area contributed by atoms with Gasteiger partial charge in [0.2, 0.25) is 0 Å². The Morgan fingerprint density at radius 3 is 2.55 bits per heavy atom. The molecular weight excluding hydrogens is 414 g/mol. The number of rotatable bonds is 8. The van der Waals surface area contributed by atoms with Gasteiger partial charge in [-0.2, -0.15) is 8.78 Å². The highest BCUT2D eigenvalue weighted by atomic mass is 19.3. The summed E-state index contributed by atoms with van der Waals surface area (Å²) in [7, 11) is 0. The van der Waals surface area contributed by atoms with Crippen LogP contribution < -0.4 is 14.8 Å². The minimum absolute atomic E-state index is 0.0635. The lowest BCUT2D eigenvalue weighted by Crippen LogP contribution is -2.43. The number of likely N-dealkylation sites (tertiary alicyclic amines) is 1. The summed E-state index contributed by atoms with van der Waals surface area (Å²) in [5, 5.41) is 12.7. The van der Waals surface area contributed by atoms with Crippen molar-refractivity contribution >= 4 is 17.7 Å². The Hall–Kier alpha value is -2.78. The first-order valence-electron chi connectivity index (χ1n) is 10.2. The van der Waals surface area contributed by atoms with Crippen molar-refractivity contribution in [3.05, 3.63) is 18.2 Å². The molecule has 1 heterocycles. The van der Waals surface area contributed by atoms with Crippen LogP contribution >= 0.6 is 0 Å². The lowest BCUT2D eigenvalue weighted by atomic mass is 10.1. The molecule has 0 spiro atoms. The molecule has 1 saturated carbocycles. The number of alkyl halides is 2. The van der Waals surface area contributed by atoms with Crippen molar-refractivity contribution in [1.82, 2.24) is 4.90 Å². The molecule has 1 aromatic rings. The average molecular weight is 442 g/mol. The van der Waals surface area contributed by atoms with E-state index in [0.717, 1.165) is 12.8 Å². The van der Waals surface area contributed by atoms with Crippen LogP contribution in [-0.2, 0) is 9.53 Å². The molecule has 0 unspecified atom stereocenters. The predicted octanol–water partition coefficient (Wildman–Crippen LogP) is 3.95. The Morgan fingerprint density at radius 2 is 1.97 bits per heavy atom. The Labute approximate surface area is 179 Å². The van der Waals surface area contributed by atoms with E-state index in [-0.39, 0.29) is 30.5 Å². The molecule has 2 aliphatic rings. The molecule has 1 aromatic carbocycles. The molecule has 0 aromatic heterocycles. The van der Waals surface area contributed by atoms with Gasteiger partial charge in [-0.25, -0.2) is 9.59 Å². The molecule has 1 aliphatic heterocycles. The smallest absolute Gasteiger partial charge is 0.411 e. The first kappa shape index (κ1) is 22.9. The zero-order chi connectivity index (χ0) is 22.8. The van der Waals surface area contributed by atoms with Gasteiger partial charge in [-0.05, 0) is 51.7 Å². The van der Waals surface area contributed by atoms with Crippen LogP contribution in [0.1, 0.15) is 40.0 Å². The van der Waals surface area contributed by atoms with Gasteiger partial charge in [-0.15, -0.1) is 0 Å². The van der Waals surface area contributed by atoms with E-state index in [1.54, 1.807) is 32.9 Å². The third kappa shape index (κ3) is 6.60. The standard InChI is InChI=1S/C21H28F2N2O6/c1-21(2,3)31-20(28)25-10-14(8-15(25)18(26)27)24-13-6-7-16(30-19(22)23)17(9-13)29-11-12-4-5-12/h6-7,9,12,14-15,19,24H,4-5,8,10-11H2,1-3H3,(H,26,27)/t14-,15-/m0/s1. The predicted molar refractivity (Wildman–Crippen MR) is 108 cm³/mol. The first-order chi connectivity index (χ1) is 14.5. The maximum Gasteiger partial charge on any atom is 0.411 e. The van der Waals surface area contributed by atoms with Crippen LogP contribution in [0.3, 0.4) is 0 Å². The molecule has 172 valence electrons. The number of hydrogen-bond acceptors (Lipinski definition) is 6. The molecule has 0 bridgehead atoms. The van der Waals surface area contributed by atoms with E-state index in [1.807, 2.05) is 0 Å². The molecule has 10 heteroatoms. The van der Waals surface area contributed by atoms with Crippen LogP contribution in [0.15, 0.2) is 18.2 Å². The van der Waals surface area contributed by atoms with Crippen LogP contribution in [0.2, 0.25) is 0 Å². The SMILES string of the molecule is CC(C)(C)OC(=O)N1C[C@@H](Nc2ccc(OC(F)F)c(OCC3CC3)c2)C[C@H]1C(=O)O. The molecule has 8 nitrogen and oxygen atoms in total. The zero-order valence-corrected chi connectivity index (χ0v) is 17.8. The van der Waals surface area contributed by atoms with Gasteiger partial charge in [-0.3, -0.25) is 4.90 Å². The van der Waals surface area contributed by atoms with Gasteiger partial charge in [0.15, 0.2) is 11.5 Å².